The molecular formula is C19H23Cl2N3O5S. The maximum Gasteiger partial charge on any atom is 0.339 e. The van der Waals surface area contributed by atoms with Crippen LogP contribution < -0.4 is 4.90 Å². The van der Waals surface area contributed by atoms with Crippen LogP contribution in [0.4, 0.5) is 5.69 Å². The van der Waals surface area contributed by atoms with E-state index in [0.29, 0.717) is 42.0 Å². The average molecular weight is 476 g/mol. The first-order valence-electron chi connectivity index (χ1n) is 9.36. The summed E-state index contributed by atoms with van der Waals surface area (Å²) in [6.07, 6.45) is 0. The molecule has 30 heavy (non-hydrogen) atoms. The van der Waals surface area contributed by atoms with Gasteiger partial charge in [-0.1, -0.05) is 23.2 Å². The van der Waals surface area contributed by atoms with Crippen molar-refractivity contribution >= 4 is 58.5 Å². The number of ether oxygens (including phenoxy) is 2. The molecule has 0 bridgehead atoms. The zero-order valence-electron chi connectivity index (χ0n) is 16.7. The number of piperazine rings is 1. The lowest BCUT2D eigenvalue weighted by molar-refractivity contribution is -0.157. The van der Waals surface area contributed by atoms with Gasteiger partial charge in [0.1, 0.15) is 6.04 Å². The lowest BCUT2D eigenvalue weighted by Gasteiger charge is -2.37. The smallest absolute Gasteiger partial charge is 0.339 e. The molecule has 0 unspecified atom stereocenters. The van der Waals surface area contributed by atoms with Gasteiger partial charge in [0.15, 0.2) is 5.37 Å². The number of esters is 2. The highest BCUT2D eigenvalue weighted by Gasteiger charge is 2.46. The maximum absolute atomic E-state index is 13.0. The maximum atomic E-state index is 13.0. The van der Waals surface area contributed by atoms with Crippen LogP contribution in [0.3, 0.4) is 0 Å². The van der Waals surface area contributed by atoms with Crippen molar-refractivity contribution in [2.24, 2.45) is 0 Å². The summed E-state index contributed by atoms with van der Waals surface area (Å²) in [6, 6.07) is 4.71. The molecule has 1 aromatic carbocycles. The van der Waals surface area contributed by atoms with Crippen LogP contribution in [-0.4, -0.2) is 91.8 Å². The zero-order valence-corrected chi connectivity index (χ0v) is 19.0. The SMILES string of the molecule is COC(=O)[C@H]1SC[C@@H](C(=O)OC)N1C(=O)CN1CCN(c2ccc(Cl)c(Cl)c2)CC1. The van der Waals surface area contributed by atoms with Gasteiger partial charge in [-0.15, -0.1) is 11.8 Å². The number of amides is 1. The van der Waals surface area contributed by atoms with Crippen LogP contribution in [0.15, 0.2) is 18.2 Å². The number of thioether (sulfide) groups is 1. The Hall–Kier alpha value is -1.68. The van der Waals surface area contributed by atoms with Gasteiger partial charge in [0.2, 0.25) is 5.91 Å². The average Bonchev–Trinajstić information content (AvgIpc) is 3.20. The van der Waals surface area contributed by atoms with Gasteiger partial charge in [0.05, 0.1) is 30.8 Å². The number of rotatable bonds is 5. The highest BCUT2D eigenvalue weighted by atomic mass is 35.5. The van der Waals surface area contributed by atoms with E-state index in [1.807, 2.05) is 17.0 Å². The number of anilines is 1. The van der Waals surface area contributed by atoms with E-state index in [0.717, 1.165) is 5.69 Å². The second-order valence-electron chi connectivity index (χ2n) is 6.91. The fourth-order valence-electron chi connectivity index (χ4n) is 3.53. The normalized spacial score (nSPS) is 22.1. The molecular weight excluding hydrogens is 453 g/mol. The fourth-order valence-corrected chi connectivity index (χ4v) is 5.14. The van der Waals surface area contributed by atoms with Crippen LogP contribution in [-0.2, 0) is 23.9 Å². The monoisotopic (exact) mass is 475 g/mol. The Bertz CT molecular complexity index is 795. The fraction of sp³-hybridized carbons (Fsp3) is 0.526. The Morgan fingerprint density at radius 2 is 1.70 bits per heavy atom. The third kappa shape index (κ3) is 4.96. The van der Waals surface area contributed by atoms with Gasteiger partial charge in [0.25, 0.3) is 0 Å². The number of hydrogen-bond acceptors (Lipinski definition) is 8. The molecule has 2 aliphatic rings. The molecule has 11 heteroatoms. The van der Waals surface area contributed by atoms with Crippen LogP contribution in [0.2, 0.25) is 10.0 Å². The number of hydrogen-bond donors (Lipinski definition) is 0. The Kier molecular flexibility index (Phi) is 7.73. The Labute approximate surface area is 189 Å². The van der Waals surface area contributed by atoms with E-state index < -0.39 is 23.4 Å². The molecule has 8 nitrogen and oxygen atoms in total. The van der Waals surface area contributed by atoms with Crippen LogP contribution in [0.25, 0.3) is 0 Å². The minimum atomic E-state index is -0.843. The molecule has 0 N–H and O–H groups in total. The molecule has 164 valence electrons. The van der Waals surface area contributed by atoms with Crippen LogP contribution in [0.5, 0.6) is 0 Å². The number of carbonyl (C=O) groups excluding carboxylic acids is 3. The lowest BCUT2D eigenvalue weighted by Crippen LogP contribution is -2.54. The van der Waals surface area contributed by atoms with Crippen LogP contribution in [0, 0.1) is 0 Å². The number of halogens is 2. The second kappa shape index (κ2) is 10.1. The standard InChI is InChI=1S/C19H23Cl2N3O5S/c1-28-18(26)15-11-30-17(19(27)29-2)24(15)16(25)10-22-5-7-23(8-6-22)12-3-4-13(20)14(21)9-12/h3-4,9,15,17H,5-8,10-11H2,1-2H3/t15-,17+/m0/s1. The van der Waals surface area contributed by atoms with E-state index in [9.17, 15) is 14.4 Å². The molecule has 0 spiro atoms. The third-order valence-electron chi connectivity index (χ3n) is 5.16. The highest BCUT2D eigenvalue weighted by molar-refractivity contribution is 8.00. The van der Waals surface area contributed by atoms with Gasteiger partial charge < -0.3 is 19.3 Å². The lowest BCUT2D eigenvalue weighted by atomic mass is 10.2. The number of benzene rings is 1. The molecule has 2 saturated heterocycles. The van der Waals surface area contributed by atoms with E-state index in [2.05, 4.69) is 4.90 Å². The first kappa shape index (κ1) is 23.0. The van der Waals surface area contributed by atoms with Crippen molar-refractivity contribution in [3.05, 3.63) is 28.2 Å². The van der Waals surface area contributed by atoms with E-state index in [1.54, 1.807) is 6.07 Å². The summed E-state index contributed by atoms with van der Waals surface area (Å²) >= 11 is 13.3. The molecule has 0 aliphatic carbocycles. The summed E-state index contributed by atoms with van der Waals surface area (Å²) in [5, 5.41) is 0.165. The van der Waals surface area contributed by atoms with Crippen molar-refractivity contribution in [1.29, 1.82) is 0 Å². The van der Waals surface area contributed by atoms with Crippen molar-refractivity contribution in [3.63, 3.8) is 0 Å². The summed E-state index contributed by atoms with van der Waals surface area (Å²) in [5.41, 5.74) is 0.975. The first-order chi connectivity index (χ1) is 14.3. The minimum Gasteiger partial charge on any atom is -0.467 e. The largest absolute Gasteiger partial charge is 0.467 e. The van der Waals surface area contributed by atoms with Crippen molar-refractivity contribution in [1.82, 2.24) is 9.80 Å². The molecule has 2 fully saturated rings. The summed E-state index contributed by atoms with van der Waals surface area (Å²) in [5.74, 6) is -1.09. The van der Waals surface area contributed by atoms with E-state index in [-0.39, 0.29) is 12.5 Å². The van der Waals surface area contributed by atoms with Gasteiger partial charge in [-0.2, -0.15) is 0 Å². The summed E-state index contributed by atoms with van der Waals surface area (Å²) in [6.45, 7) is 2.83. The predicted octanol–water partition coefficient (Wildman–Crippen LogP) is 1.73. The molecule has 0 saturated carbocycles. The topological polar surface area (TPSA) is 79.4 Å². The molecule has 2 atom stereocenters. The number of methoxy groups -OCH3 is 2. The third-order valence-corrected chi connectivity index (χ3v) is 7.15. The molecule has 2 aliphatic heterocycles. The van der Waals surface area contributed by atoms with Gasteiger partial charge >= 0.3 is 11.9 Å². The van der Waals surface area contributed by atoms with Gasteiger partial charge in [-0.25, -0.2) is 9.59 Å². The van der Waals surface area contributed by atoms with E-state index in [4.69, 9.17) is 32.7 Å². The molecule has 0 radical (unpaired) electrons. The number of carbonyl (C=O) groups is 3. The molecule has 1 amide bonds. The Balaban J connectivity index is 1.62. The van der Waals surface area contributed by atoms with Crippen molar-refractivity contribution in [2.45, 2.75) is 11.4 Å². The molecule has 3 rings (SSSR count). The van der Waals surface area contributed by atoms with Gasteiger partial charge in [-0.05, 0) is 18.2 Å². The van der Waals surface area contributed by atoms with Crippen molar-refractivity contribution in [3.8, 4) is 0 Å². The molecule has 2 heterocycles. The zero-order chi connectivity index (χ0) is 21.8. The predicted molar refractivity (Wildman–Crippen MR) is 116 cm³/mol. The van der Waals surface area contributed by atoms with Gasteiger partial charge in [-0.3, -0.25) is 9.69 Å². The highest BCUT2D eigenvalue weighted by Crippen LogP contribution is 2.31. The van der Waals surface area contributed by atoms with Crippen LogP contribution >= 0.6 is 35.0 Å². The Morgan fingerprint density at radius 3 is 2.30 bits per heavy atom. The van der Waals surface area contributed by atoms with Gasteiger partial charge in [0, 0.05) is 37.6 Å². The summed E-state index contributed by atoms with van der Waals surface area (Å²) in [7, 11) is 2.53. The summed E-state index contributed by atoms with van der Waals surface area (Å²) in [4.78, 5) is 42.7. The molecule has 1 aromatic rings. The van der Waals surface area contributed by atoms with Crippen LogP contribution in [0.1, 0.15) is 0 Å². The Morgan fingerprint density at radius 1 is 1.03 bits per heavy atom. The quantitative estimate of drug-likeness (QED) is 0.595. The number of nitrogens with zero attached hydrogens (tertiary/aromatic N) is 3. The first-order valence-corrected chi connectivity index (χ1v) is 11.2. The molecule has 0 aromatic heterocycles. The van der Waals surface area contributed by atoms with E-state index >= 15 is 0 Å². The second-order valence-corrected chi connectivity index (χ2v) is 8.84. The summed E-state index contributed by atoms with van der Waals surface area (Å²) < 4.78 is 9.61. The van der Waals surface area contributed by atoms with E-state index in [1.165, 1.54) is 30.9 Å². The van der Waals surface area contributed by atoms with Crippen molar-refractivity contribution in [2.75, 3.05) is 57.6 Å². The van der Waals surface area contributed by atoms with Crippen molar-refractivity contribution < 1.29 is 23.9 Å². The minimum absolute atomic E-state index is 0.108.